The molecule has 3 rings (SSSR count). The number of ether oxygens (including phenoxy) is 1. The summed E-state index contributed by atoms with van der Waals surface area (Å²) in [7, 11) is 0. The zero-order valence-corrected chi connectivity index (χ0v) is 19.1. The lowest BCUT2D eigenvalue weighted by Gasteiger charge is -2.19. The van der Waals surface area contributed by atoms with Crippen LogP contribution in [0, 0.1) is 6.92 Å². The molecule has 0 radical (unpaired) electrons. The monoisotopic (exact) mass is 451 g/mol. The molecule has 8 heteroatoms. The predicted molar refractivity (Wildman–Crippen MR) is 128 cm³/mol. The molecule has 7 nitrogen and oxygen atoms in total. The molecule has 0 saturated heterocycles. The minimum Gasteiger partial charge on any atom is -0.444 e. The van der Waals surface area contributed by atoms with Crippen LogP contribution < -0.4 is 16.0 Å². The summed E-state index contributed by atoms with van der Waals surface area (Å²) in [6.07, 6.45) is -0.580. The zero-order valence-electron chi connectivity index (χ0n) is 18.3. The van der Waals surface area contributed by atoms with Gasteiger partial charge in [-0.3, -0.25) is 14.9 Å². The summed E-state index contributed by atoms with van der Waals surface area (Å²) >= 11 is 1.10. The van der Waals surface area contributed by atoms with Gasteiger partial charge in [0.2, 0.25) is 0 Å². The predicted octanol–water partition coefficient (Wildman–Crippen LogP) is 5.91. The number of amides is 3. The van der Waals surface area contributed by atoms with Gasteiger partial charge in [-0.25, -0.2) is 4.79 Å². The number of thiophene rings is 1. The Morgan fingerprint density at radius 2 is 1.25 bits per heavy atom. The van der Waals surface area contributed by atoms with E-state index < -0.39 is 11.7 Å². The summed E-state index contributed by atoms with van der Waals surface area (Å²) in [6, 6.07) is 17.4. The fourth-order valence-corrected chi connectivity index (χ4v) is 3.58. The first-order chi connectivity index (χ1) is 15.1. The van der Waals surface area contributed by atoms with Gasteiger partial charge in [-0.1, -0.05) is 18.2 Å². The first kappa shape index (κ1) is 23.0. The third-order valence-electron chi connectivity index (χ3n) is 4.10. The Hall–Kier alpha value is -3.65. The highest BCUT2D eigenvalue weighted by atomic mass is 32.1. The van der Waals surface area contributed by atoms with E-state index in [1.54, 1.807) is 57.2 Å². The summed E-state index contributed by atoms with van der Waals surface area (Å²) in [6.45, 7) is 7.28. The highest BCUT2D eigenvalue weighted by Crippen LogP contribution is 2.22. The molecule has 166 valence electrons. The number of rotatable bonds is 5. The lowest BCUT2D eigenvalue weighted by molar-refractivity contribution is 0.0635. The van der Waals surface area contributed by atoms with E-state index in [9.17, 15) is 14.4 Å². The second kappa shape index (κ2) is 9.65. The number of carbonyl (C=O) groups excluding carboxylic acids is 3. The zero-order chi connectivity index (χ0) is 23.3. The van der Waals surface area contributed by atoms with Gasteiger partial charge in [-0.05, 0) is 75.7 Å². The molecule has 3 N–H and O–H groups in total. The van der Waals surface area contributed by atoms with E-state index in [1.807, 2.05) is 31.2 Å². The SMILES string of the molecule is Cc1cccc(NC(=O)c2ccc(C(=O)Nc3cccc(NC(=O)OC(C)(C)C)c3)s2)c1. The van der Waals surface area contributed by atoms with Crippen molar-refractivity contribution in [1.82, 2.24) is 0 Å². The average Bonchev–Trinajstić information content (AvgIpc) is 3.17. The van der Waals surface area contributed by atoms with E-state index in [1.165, 1.54) is 0 Å². The van der Waals surface area contributed by atoms with Gasteiger partial charge < -0.3 is 15.4 Å². The van der Waals surface area contributed by atoms with Gasteiger partial charge >= 0.3 is 6.09 Å². The van der Waals surface area contributed by atoms with Gasteiger partial charge in [-0.15, -0.1) is 11.3 Å². The van der Waals surface area contributed by atoms with E-state index >= 15 is 0 Å². The largest absolute Gasteiger partial charge is 0.444 e. The van der Waals surface area contributed by atoms with Gasteiger partial charge in [0.1, 0.15) is 5.60 Å². The summed E-state index contributed by atoms with van der Waals surface area (Å²) in [5, 5.41) is 8.24. The fourth-order valence-electron chi connectivity index (χ4n) is 2.79. The van der Waals surface area contributed by atoms with Crippen molar-refractivity contribution in [3.63, 3.8) is 0 Å². The molecular weight excluding hydrogens is 426 g/mol. The normalized spacial score (nSPS) is 10.9. The molecule has 0 unspecified atom stereocenters. The van der Waals surface area contributed by atoms with E-state index in [2.05, 4.69) is 16.0 Å². The van der Waals surface area contributed by atoms with Gasteiger partial charge in [0.25, 0.3) is 11.8 Å². The van der Waals surface area contributed by atoms with Crippen molar-refractivity contribution in [2.24, 2.45) is 0 Å². The summed E-state index contributed by atoms with van der Waals surface area (Å²) in [4.78, 5) is 37.9. The highest BCUT2D eigenvalue weighted by molar-refractivity contribution is 7.16. The van der Waals surface area contributed by atoms with Crippen LogP contribution in [0.1, 0.15) is 45.7 Å². The quantitative estimate of drug-likeness (QED) is 0.449. The minimum absolute atomic E-state index is 0.275. The standard InChI is InChI=1S/C24H25N3O4S/c1-15-7-5-8-16(13-15)25-21(28)19-11-12-20(32-19)22(29)26-17-9-6-10-18(14-17)27-23(30)31-24(2,3)4/h5-14H,1-4H3,(H,25,28)(H,26,29)(H,27,30). The molecular formula is C24H25N3O4S. The van der Waals surface area contributed by atoms with Crippen molar-refractivity contribution in [3.05, 3.63) is 76.0 Å². The molecule has 0 aliphatic rings. The topological polar surface area (TPSA) is 96.5 Å². The Bertz CT molecular complexity index is 1150. The van der Waals surface area contributed by atoms with Crippen molar-refractivity contribution in [2.75, 3.05) is 16.0 Å². The van der Waals surface area contributed by atoms with Crippen molar-refractivity contribution in [2.45, 2.75) is 33.3 Å². The van der Waals surface area contributed by atoms with Crippen LogP contribution in [-0.2, 0) is 4.74 Å². The van der Waals surface area contributed by atoms with Crippen LogP contribution in [0.15, 0.2) is 60.7 Å². The molecule has 2 aromatic carbocycles. The van der Waals surface area contributed by atoms with Crippen LogP contribution in [0.3, 0.4) is 0 Å². The van der Waals surface area contributed by atoms with Crippen molar-refractivity contribution in [1.29, 1.82) is 0 Å². The van der Waals surface area contributed by atoms with Crippen molar-refractivity contribution in [3.8, 4) is 0 Å². The number of hydrogen-bond acceptors (Lipinski definition) is 5. The van der Waals surface area contributed by atoms with Crippen LogP contribution in [0.4, 0.5) is 21.9 Å². The molecule has 0 bridgehead atoms. The smallest absolute Gasteiger partial charge is 0.412 e. The first-order valence-electron chi connectivity index (χ1n) is 9.98. The average molecular weight is 452 g/mol. The Morgan fingerprint density at radius 3 is 1.78 bits per heavy atom. The van der Waals surface area contributed by atoms with Crippen LogP contribution in [-0.4, -0.2) is 23.5 Å². The summed E-state index contributed by atoms with van der Waals surface area (Å²) in [5.41, 5.74) is 2.11. The van der Waals surface area contributed by atoms with Crippen LogP contribution in [0.2, 0.25) is 0 Å². The first-order valence-corrected chi connectivity index (χ1v) is 10.8. The molecule has 1 aromatic heterocycles. The number of aryl methyl sites for hydroxylation is 1. The lowest BCUT2D eigenvalue weighted by atomic mass is 10.2. The Morgan fingerprint density at radius 1 is 0.750 bits per heavy atom. The lowest BCUT2D eigenvalue weighted by Crippen LogP contribution is -2.27. The summed E-state index contributed by atoms with van der Waals surface area (Å²) < 4.78 is 5.23. The molecule has 0 fully saturated rings. The number of benzene rings is 2. The van der Waals surface area contributed by atoms with E-state index in [4.69, 9.17) is 4.74 Å². The molecule has 0 aliphatic carbocycles. The maximum absolute atomic E-state index is 12.6. The van der Waals surface area contributed by atoms with Crippen LogP contribution in [0.5, 0.6) is 0 Å². The molecule has 1 heterocycles. The van der Waals surface area contributed by atoms with Gasteiger partial charge in [0, 0.05) is 17.1 Å². The van der Waals surface area contributed by atoms with Crippen LogP contribution in [0.25, 0.3) is 0 Å². The highest BCUT2D eigenvalue weighted by Gasteiger charge is 2.17. The van der Waals surface area contributed by atoms with E-state index in [-0.39, 0.29) is 11.8 Å². The number of anilines is 3. The minimum atomic E-state index is -0.613. The molecule has 3 aromatic rings. The summed E-state index contributed by atoms with van der Waals surface area (Å²) in [5.74, 6) is -0.623. The van der Waals surface area contributed by atoms with Gasteiger partial charge in [0.05, 0.1) is 9.75 Å². The maximum Gasteiger partial charge on any atom is 0.412 e. The molecule has 3 amide bonds. The van der Waals surface area contributed by atoms with Gasteiger partial charge in [0.15, 0.2) is 0 Å². The van der Waals surface area contributed by atoms with E-state index in [0.717, 1.165) is 16.9 Å². The van der Waals surface area contributed by atoms with Crippen LogP contribution >= 0.6 is 11.3 Å². The third-order valence-corrected chi connectivity index (χ3v) is 5.18. The molecule has 0 saturated carbocycles. The molecule has 0 aliphatic heterocycles. The molecule has 32 heavy (non-hydrogen) atoms. The fraction of sp³-hybridized carbons (Fsp3) is 0.208. The number of hydrogen-bond donors (Lipinski definition) is 3. The third kappa shape index (κ3) is 6.68. The Balaban J connectivity index is 1.62. The van der Waals surface area contributed by atoms with Crippen molar-refractivity contribution >= 4 is 46.3 Å². The number of nitrogens with one attached hydrogen (secondary N) is 3. The second-order valence-corrected chi connectivity index (χ2v) is 9.23. The van der Waals surface area contributed by atoms with Gasteiger partial charge in [-0.2, -0.15) is 0 Å². The Labute approximate surface area is 190 Å². The maximum atomic E-state index is 12.6. The molecule has 0 atom stereocenters. The van der Waals surface area contributed by atoms with Crippen molar-refractivity contribution < 1.29 is 19.1 Å². The van der Waals surface area contributed by atoms with E-state index in [0.29, 0.717) is 26.8 Å². The Kier molecular flexibility index (Phi) is 6.95. The number of carbonyl (C=O) groups is 3. The second-order valence-electron chi connectivity index (χ2n) is 8.15. The molecule has 0 spiro atoms.